The third kappa shape index (κ3) is 2.02. The Balaban J connectivity index is 1.91. The molecule has 0 radical (unpaired) electrons. The van der Waals surface area contributed by atoms with Gasteiger partial charge in [-0.15, -0.1) is 0 Å². The first-order chi connectivity index (χ1) is 8.86. The summed E-state index contributed by atoms with van der Waals surface area (Å²) >= 11 is 0. The van der Waals surface area contributed by atoms with E-state index in [1.165, 1.54) is 0 Å². The van der Waals surface area contributed by atoms with Crippen LogP contribution in [0.4, 0.5) is 0 Å². The summed E-state index contributed by atoms with van der Waals surface area (Å²) in [5.74, 6) is 2.05. The molecule has 1 aromatic carbocycles. The largest absolute Gasteiger partial charge is 0.453 e. The van der Waals surface area contributed by atoms with Crippen molar-refractivity contribution in [3.8, 4) is 11.5 Å². The maximum absolute atomic E-state index is 5.72. The van der Waals surface area contributed by atoms with Crippen molar-refractivity contribution in [1.29, 1.82) is 0 Å². The first-order valence-corrected chi connectivity index (χ1v) is 6.01. The summed E-state index contributed by atoms with van der Waals surface area (Å²) in [6, 6.07) is 9.85. The van der Waals surface area contributed by atoms with Gasteiger partial charge in [-0.1, -0.05) is 25.1 Å². The molecule has 0 aliphatic carbocycles. The van der Waals surface area contributed by atoms with Gasteiger partial charge in [-0.3, -0.25) is 0 Å². The molecule has 0 atom stereocenters. The first-order valence-electron chi connectivity index (χ1n) is 6.01. The molecule has 0 saturated heterocycles. The lowest BCUT2D eigenvalue weighted by molar-refractivity contribution is 0.469. The van der Waals surface area contributed by atoms with E-state index < -0.39 is 0 Å². The van der Waals surface area contributed by atoms with Crippen LogP contribution in [0.25, 0.3) is 22.5 Å². The van der Waals surface area contributed by atoms with Crippen LogP contribution in [0.1, 0.15) is 12.8 Å². The van der Waals surface area contributed by atoms with Crippen LogP contribution in [-0.2, 0) is 6.54 Å². The predicted octanol–water partition coefficient (Wildman–Crippen LogP) is 3.20. The molecule has 18 heavy (non-hydrogen) atoms. The standard InChI is InChI=1S/C14H14N2O2/c1-2-15-9-14-16-8-13(18-14)12-7-10-5-3-4-6-11(10)17-12/h3-8,15H,2,9H2,1H3. The van der Waals surface area contributed by atoms with E-state index in [-0.39, 0.29) is 0 Å². The monoisotopic (exact) mass is 242 g/mol. The number of para-hydroxylation sites is 1. The van der Waals surface area contributed by atoms with Gasteiger partial charge < -0.3 is 14.2 Å². The van der Waals surface area contributed by atoms with Gasteiger partial charge in [0.25, 0.3) is 0 Å². The molecule has 0 aliphatic rings. The second kappa shape index (κ2) is 4.66. The fraction of sp³-hybridized carbons (Fsp3) is 0.214. The zero-order chi connectivity index (χ0) is 12.4. The zero-order valence-electron chi connectivity index (χ0n) is 10.1. The number of fused-ring (bicyclic) bond motifs is 1. The van der Waals surface area contributed by atoms with E-state index in [4.69, 9.17) is 8.83 Å². The molecular formula is C14H14N2O2. The van der Waals surface area contributed by atoms with Gasteiger partial charge in [0.15, 0.2) is 11.5 Å². The van der Waals surface area contributed by atoms with Crippen molar-refractivity contribution >= 4 is 11.0 Å². The number of aromatic nitrogens is 1. The normalized spacial score (nSPS) is 11.2. The molecule has 0 unspecified atom stereocenters. The number of hydrogen-bond donors (Lipinski definition) is 1. The Morgan fingerprint density at radius 2 is 2.06 bits per heavy atom. The Kier molecular flexibility index (Phi) is 2.86. The van der Waals surface area contributed by atoms with E-state index in [2.05, 4.69) is 10.3 Å². The van der Waals surface area contributed by atoms with Crippen molar-refractivity contribution in [1.82, 2.24) is 10.3 Å². The molecule has 2 aromatic heterocycles. The second-order valence-electron chi connectivity index (χ2n) is 4.05. The van der Waals surface area contributed by atoms with Crippen molar-refractivity contribution in [2.24, 2.45) is 0 Å². The van der Waals surface area contributed by atoms with E-state index in [1.807, 2.05) is 37.3 Å². The van der Waals surface area contributed by atoms with Gasteiger partial charge in [-0.05, 0) is 18.7 Å². The third-order valence-corrected chi connectivity index (χ3v) is 2.75. The molecule has 4 nitrogen and oxygen atoms in total. The number of hydrogen-bond acceptors (Lipinski definition) is 4. The lowest BCUT2D eigenvalue weighted by atomic mass is 10.2. The van der Waals surface area contributed by atoms with Crippen molar-refractivity contribution in [3.05, 3.63) is 42.4 Å². The molecule has 1 N–H and O–H groups in total. The average molecular weight is 242 g/mol. The Morgan fingerprint density at radius 1 is 1.17 bits per heavy atom. The molecule has 0 aliphatic heterocycles. The van der Waals surface area contributed by atoms with Gasteiger partial charge in [0, 0.05) is 5.39 Å². The van der Waals surface area contributed by atoms with Crippen LogP contribution in [0.2, 0.25) is 0 Å². The maximum Gasteiger partial charge on any atom is 0.209 e. The van der Waals surface area contributed by atoms with Crippen molar-refractivity contribution in [3.63, 3.8) is 0 Å². The topological polar surface area (TPSA) is 51.2 Å². The Hall–Kier alpha value is -2.07. The predicted molar refractivity (Wildman–Crippen MR) is 69.1 cm³/mol. The number of nitrogens with zero attached hydrogens (tertiary/aromatic N) is 1. The molecule has 0 amide bonds. The van der Waals surface area contributed by atoms with Crippen LogP contribution in [0.3, 0.4) is 0 Å². The summed E-state index contributed by atoms with van der Waals surface area (Å²) in [5.41, 5.74) is 0.858. The van der Waals surface area contributed by atoms with Crippen LogP contribution >= 0.6 is 0 Å². The highest BCUT2D eigenvalue weighted by Crippen LogP contribution is 2.27. The lowest BCUT2D eigenvalue weighted by Gasteiger charge is -1.94. The number of rotatable bonds is 4. The zero-order valence-corrected chi connectivity index (χ0v) is 10.1. The van der Waals surface area contributed by atoms with Crippen LogP contribution in [0.5, 0.6) is 0 Å². The lowest BCUT2D eigenvalue weighted by Crippen LogP contribution is -2.11. The first kappa shape index (κ1) is 11.0. The molecular weight excluding hydrogens is 228 g/mol. The van der Waals surface area contributed by atoms with E-state index in [9.17, 15) is 0 Å². The summed E-state index contributed by atoms with van der Waals surface area (Å²) in [7, 11) is 0. The summed E-state index contributed by atoms with van der Waals surface area (Å²) in [6.07, 6.45) is 1.70. The minimum atomic E-state index is 0.636. The van der Waals surface area contributed by atoms with Gasteiger partial charge in [0.1, 0.15) is 5.58 Å². The molecule has 0 fully saturated rings. The molecule has 3 rings (SSSR count). The van der Waals surface area contributed by atoms with Gasteiger partial charge in [-0.25, -0.2) is 4.98 Å². The number of benzene rings is 1. The Bertz CT molecular complexity index is 621. The highest BCUT2D eigenvalue weighted by molar-refractivity contribution is 5.81. The quantitative estimate of drug-likeness (QED) is 0.763. The minimum Gasteiger partial charge on any atom is -0.453 e. The van der Waals surface area contributed by atoms with E-state index >= 15 is 0 Å². The minimum absolute atomic E-state index is 0.636. The molecule has 3 aromatic rings. The summed E-state index contributed by atoms with van der Waals surface area (Å²) in [4.78, 5) is 4.21. The van der Waals surface area contributed by atoms with Gasteiger partial charge in [0.05, 0.1) is 12.7 Å². The molecule has 0 spiro atoms. The average Bonchev–Trinajstić information content (AvgIpc) is 3.02. The van der Waals surface area contributed by atoms with Crippen molar-refractivity contribution < 1.29 is 8.83 Å². The number of furan rings is 1. The molecule has 4 heteroatoms. The number of nitrogens with one attached hydrogen (secondary N) is 1. The summed E-state index contributed by atoms with van der Waals surface area (Å²) in [5, 5.41) is 4.24. The second-order valence-corrected chi connectivity index (χ2v) is 4.05. The van der Waals surface area contributed by atoms with E-state index in [0.29, 0.717) is 24.0 Å². The van der Waals surface area contributed by atoms with Gasteiger partial charge >= 0.3 is 0 Å². The molecule has 92 valence electrons. The van der Waals surface area contributed by atoms with Crippen molar-refractivity contribution in [2.45, 2.75) is 13.5 Å². The Labute approximate surface area is 105 Å². The van der Waals surface area contributed by atoms with Gasteiger partial charge in [0.2, 0.25) is 5.89 Å². The fourth-order valence-electron chi connectivity index (χ4n) is 1.84. The molecule has 2 heterocycles. The van der Waals surface area contributed by atoms with Crippen LogP contribution in [0, 0.1) is 0 Å². The summed E-state index contributed by atoms with van der Waals surface area (Å²) in [6.45, 7) is 3.57. The highest BCUT2D eigenvalue weighted by atomic mass is 16.4. The fourth-order valence-corrected chi connectivity index (χ4v) is 1.84. The number of oxazole rings is 1. The van der Waals surface area contributed by atoms with Gasteiger partial charge in [-0.2, -0.15) is 0 Å². The van der Waals surface area contributed by atoms with E-state index in [0.717, 1.165) is 17.5 Å². The summed E-state index contributed by atoms with van der Waals surface area (Å²) < 4.78 is 11.4. The van der Waals surface area contributed by atoms with E-state index in [1.54, 1.807) is 6.20 Å². The SMILES string of the molecule is CCNCc1ncc(-c2cc3ccccc3o2)o1. The third-order valence-electron chi connectivity index (χ3n) is 2.75. The van der Waals surface area contributed by atoms with Crippen LogP contribution in [0.15, 0.2) is 45.4 Å². The highest BCUT2D eigenvalue weighted by Gasteiger charge is 2.10. The maximum atomic E-state index is 5.72. The Morgan fingerprint density at radius 3 is 2.89 bits per heavy atom. The van der Waals surface area contributed by atoms with Crippen molar-refractivity contribution in [2.75, 3.05) is 6.54 Å². The van der Waals surface area contributed by atoms with Crippen LogP contribution < -0.4 is 5.32 Å². The van der Waals surface area contributed by atoms with Crippen LogP contribution in [-0.4, -0.2) is 11.5 Å². The molecule has 0 saturated carbocycles. The molecule has 0 bridgehead atoms. The smallest absolute Gasteiger partial charge is 0.209 e.